The second-order valence-corrected chi connectivity index (χ2v) is 6.12. The van der Waals surface area contributed by atoms with E-state index in [1.165, 1.54) is 0 Å². The van der Waals surface area contributed by atoms with E-state index >= 15 is 0 Å². The molecule has 0 fully saturated rings. The fourth-order valence-electron chi connectivity index (χ4n) is 2.49. The Balaban J connectivity index is 2.30. The molecule has 0 heterocycles. The number of amides is 1. The van der Waals surface area contributed by atoms with Gasteiger partial charge in [0.1, 0.15) is 5.75 Å². The summed E-state index contributed by atoms with van der Waals surface area (Å²) in [5.41, 5.74) is 9.92. The van der Waals surface area contributed by atoms with Crippen LogP contribution < -0.4 is 10.5 Å². The molecular weight excluding hydrogens is 308 g/mol. The minimum atomic E-state index is -0.0516. The number of carbonyl (C=O) groups is 1. The molecule has 5 heteroatoms. The van der Waals surface area contributed by atoms with E-state index in [1.807, 2.05) is 44.2 Å². The van der Waals surface area contributed by atoms with E-state index in [0.717, 1.165) is 27.3 Å². The van der Waals surface area contributed by atoms with E-state index in [-0.39, 0.29) is 5.91 Å². The third-order valence-corrected chi connectivity index (χ3v) is 4.33. The van der Waals surface area contributed by atoms with Gasteiger partial charge >= 0.3 is 0 Å². The first-order chi connectivity index (χ1) is 10.8. The van der Waals surface area contributed by atoms with Gasteiger partial charge in [-0.1, -0.05) is 6.07 Å². The Morgan fingerprint density at radius 3 is 2.61 bits per heavy atom. The maximum absolute atomic E-state index is 12.8. The van der Waals surface area contributed by atoms with Gasteiger partial charge in [-0.25, -0.2) is 0 Å². The monoisotopic (exact) mass is 330 g/mol. The average molecular weight is 330 g/mol. The van der Waals surface area contributed by atoms with Crippen LogP contribution in [-0.4, -0.2) is 25.0 Å². The van der Waals surface area contributed by atoms with Crippen molar-refractivity contribution in [1.82, 2.24) is 4.90 Å². The summed E-state index contributed by atoms with van der Waals surface area (Å²) in [6, 6.07) is 9.31. The summed E-state index contributed by atoms with van der Waals surface area (Å²) in [6.07, 6.45) is 0. The second kappa shape index (κ2) is 6.96. The topological polar surface area (TPSA) is 55.6 Å². The number of aryl methyl sites for hydroxylation is 2. The third kappa shape index (κ3) is 3.62. The molecular formula is C18H22N2O2S. The van der Waals surface area contributed by atoms with E-state index in [1.54, 1.807) is 19.1 Å². The maximum Gasteiger partial charge on any atom is 0.254 e. The number of rotatable bonds is 4. The van der Waals surface area contributed by atoms with Crippen molar-refractivity contribution in [3.63, 3.8) is 0 Å². The van der Waals surface area contributed by atoms with Gasteiger partial charge in [0.25, 0.3) is 5.91 Å². The summed E-state index contributed by atoms with van der Waals surface area (Å²) in [7, 11) is 3.38. The lowest BCUT2D eigenvalue weighted by Crippen LogP contribution is -2.27. The molecule has 0 saturated heterocycles. The zero-order chi connectivity index (χ0) is 17.1. The first-order valence-corrected chi connectivity index (χ1v) is 7.77. The van der Waals surface area contributed by atoms with Gasteiger partial charge in [0.2, 0.25) is 0 Å². The SMILES string of the molecule is COc1cccc(S)c1CN(C)C(=O)c1cc(C)c(N)cc1C. The van der Waals surface area contributed by atoms with Crippen LogP contribution in [-0.2, 0) is 6.54 Å². The van der Waals surface area contributed by atoms with Crippen molar-refractivity contribution in [2.75, 3.05) is 19.9 Å². The molecule has 0 unspecified atom stereocenters. The number of carbonyl (C=O) groups excluding carboxylic acids is 1. The number of ether oxygens (including phenoxy) is 1. The zero-order valence-electron chi connectivity index (χ0n) is 13.9. The molecule has 122 valence electrons. The van der Waals surface area contributed by atoms with E-state index < -0.39 is 0 Å². The molecule has 0 aliphatic carbocycles. The first-order valence-electron chi connectivity index (χ1n) is 7.32. The minimum Gasteiger partial charge on any atom is -0.496 e. The Morgan fingerprint density at radius 2 is 1.96 bits per heavy atom. The summed E-state index contributed by atoms with van der Waals surface area (Å²) >= 11 is 4.47. The number of nitrogens with zero attached hydrogens (tertiary/aromatic N) is 1. The van der Waals surface area contributed by atoms with Crippen LogP contribution in [0.4, 0.5) is 5.69 Å². The summed E-state index contributed by atoms with van der Waals surface area (Å²) in [6.45, 7) is 4.21. The van der Waals surface area contributed by atoms with Gasteiger partial charge < -0.3 is 15.4 Å². The van der Waals surface area contributed by atoms with Crippen molar-refractivity contribution in [2.24, 2.45) is 0 Å². The lowest BCUT2D eigenvalue weighted by Gasteiger charge is -2.21. The van der Waals surface area contributed by atoms with Crippen molar-refractivity contribution >= 4 is 24.2 Å². The molecule has 4 nitrogen and oxygen atoms in total. The number of thiol groups is 1. The van der Waals surface area contributed by atoms with E-state index in [9.17, 15) is 4.79 Å². The van der Waals surface area contributed by atoms with Crippen LogP contribution in [0, 0.1) is 13.8 Å². The highest BCUT2D eigenvalue weighted by molar-refractivity contribution is 7.80. The number of methoxy groups -OCH3 is 1. The predicted molar refractivity (Wildman–Crippen MR) is 96.4 cm³/mol. The molecule has 1 amide bonds. The van der Waals surface area contributed by atoms with E-state index in [4.69, 9.17) is 10.5 Å². The normalized spacial score (nSPS) is 10.5. The highest BCUT2D eigenvalue weighted by Crippen LogP contribution is 2.27. The van der Waals surface area contributed by atoms with E-state index in [2.05, 4.69) is 12.6 Å². The van der Waals surface area contributed by atoms with Gasteiger partial charge in [-0.3, -0.25) is 4.79 Å². The fourth-order valence-corrected chi connectivity index (χ4v) is 2.75. The number of hydrogen-bond acceptors (Lipinski definition) is 4. The van der Waals surface area contributed by atoms with Crippen LogP contribution in [0.2, 0.25) is 0 Å². The highest BCUT2D eigenvalue weighted by Gasteiger charge is 2.18. The Morgan fingerprint density at radius 1 is 1.26 bits per heavy atom. The smallest absolute Gasteiger partial charge is 0.254 e. The molecule has 0 atom stereocenters. The van der Waals surface area contributed by atoms with Gasteiger partial charge in [0.15, 0.2) is 0 Å². The zero-order valence-corrected chi connectivity index (χ0v) is 14.8. The van der Waals surface area contributed by atoms with Gasteiger partial charge in [-0.05, 0) is 49.2 Å². The molecule has 23 heavy (non-hydrogen) atoms. The van der Waals surface area contributed by atoms with Gasteiger partial charge in [0.05, 0.1) is 13.7 Å². The van der Waals surface area contributed by atoms with Crippen LogP contribution >= 0.6 is 12.6 Å². The molecule has 2 N–H and O–H groups in total. The lowest BCUT2D eigenvalue weighted by molar-refractivity contribution is 0.0782. The number of hydrogen-bond donors (Lipinski definition) is 2. The molecule has 2 rings (SSSR count). The Bertz CT molecular complexity index is 744. The van der Waals surface area contributed by atoms with Crippen molar-refractivity contribution in [3.05, 3.63) is 52.6 Å². The van der Waals surface area contributed by atoms with Crippen molar-refractivity contribution in [3.8, 4) is 5.75 Å². The lowest BCUT2D eigenvalue weighted by atomic mass is 10.0. The second-order valence-electron chi connectivity index (χ2n) is 5.64. The molecule has 0 radical (unpaired) electrons. The third-order valence-electron chi connectivity index (χ3n) is 3.91. The van der Waals surface area contributed by atoms with Crippen molar-refractivity contribution < 1.29 is 9.53 Å². The summed E-state index contributed by atoms with van der Waals surface area (Å²) in [5.74, 6) is 0.673. The van der Waals surface area contributed by atoms with Crippen LogP contribution in [0.1, 0.15) is 27.0 Å². The average Bonchev–Trinajstić information content (AvgIpc) is 2.52. The summed E-state index contributed by atoms with van der Waals surface area (Å²) in [5, 5.41) is 0. The molecule has 0 saturated carbocycles. The van der Waals surface area contributed by atoms with Crippen molar-refractivity contribution in [1.29, 1.82) is 0 Å². The molecule has 0 aliphatic rings. The Labute approximate surface area is 142 Å². The molecule has 0 aliphatic heterocycles. The maximum atomic E-state index is 12.8. The Kier molecular flexibility index (Phi) is 5.21. The highest BCUT2D eigenvalue weighted by atomic mass is 32.1. The van der Waals surface area contributed by atoms with Crippen LogP contribution in [0.3, 0.4) is 0 Å². The number of nitrogens with two attached hydrogens (primary N) is 1. The fraction of sp³-hybridized carbons (Fsp3) is 0.278. The van der Waals surface area contributed by atoms with Crippen molar-refractivity contribution in [2.45, 2.75) is 25.3 Å². The summed E-state index contributed by atoms with van der Waals surface area (Å²) in [4.78, 5) is 15.2. The van der Waals surface area contributed by atoms with Crippen LogP contribution in [0.5, 0.6) is 5.75 Å². The quantitative estimate of drug-likeness (QED) is 0.667. The van der Waals surface area contributed by atoms with Gasteiger partial charge in [-0.15, -0.1) is 12.6 Å². The number of anilines is 1. The standard InChI is InChI=1S/C18H22N2O2S/c1-11-9-15(19)12(2)8-13(11)18(21)20(3)10-14-16(22-4)6-5-7-17(14)23/h5-9,23H,10,19H2,1-4H3. The number of benzene rings is 2. The first kappa shape index (κ1) is 17.2. The van der Waals surface area contributed by atoms with Crippen LogP contribution in [0.25, 0.3) is 0 Å². The molecule has 0 aromatic heterocycles. The predicted octanol–water partition coefficient (Wildman–Crippen LogP) is 3.46. The largest absolute Gasteiger partial charge is 0.496 e. The summed E-state index contributed by atoms with van der Waals surface area (Å²) < 4.78 is 5.37. The molecule has 0 spiro atoms. The van der Waals surface area contributed by atoms with Gasteiger partial charge in [0, 0.05) is 28.8 Å². The van der Waals surface area contributed by atoms with Crippen LogP contribution in [0.15, 0.2) is 35.2 Å². The molecule has 0 bridgehead atoms. The number of nitrogen functional groups attached to an aromatic ring is 1. The molecule has 2 aromatic carbocycles. The van der Waals surface area contributed by atoms with Gasteiger partial charge in [-0.2, -0.15) is 0 Å². The minimum absolute atomic E-state index is 0.0516. The van der Waals surface area contributed by atoms with E-state index in [0.29, 0.717) is 17.8 Å². The molecule has 2 aromatic rings. The Hall–Kier alpha value is -2.14.